The van der Waals surface area contributed by atoms with Crippen molar-refractivity contribution in [2.24, 2.45) is 5.92 Å². The number of benzene rings is 1. The van der Waals surface area contributed by atoms with E-state index in [4.69, 9.17) is 0 Å². The standard InChI is InChI=1S/C18H25N3O2/c22-11-10-16(14-6-2-1-3-7-14)20-18(23)13-21-17-9-5-4-8-15(17)12-19-21/h4-5,8-9,12,14,16,22H,1-3,6-7,10-11,13H2,(H,20,23). The summed E-state index contributed by atoms with van der Waals surface area (Å²) >= 11 is 0. The SMILES string of the molecule is O=C(Cn1ncc2ccccc21)NC(CCO)C1CCCCC1. The quantitative estimate of drug-likeness (QED) is 0.860. The van der Waals surface area contributed by atoms with E-state index in [1.54, 1.807) is 10.9 Å². The minimum Gasteiger partial charge on any atom is -0.396 e. The Morgan fingerprint density at radius 1 is 1.30 bits per heavy atom. The lowest BCUT2D eigenvalue weighted by molar-refractivity contribution is -0.123. The van der Waals surface area contributed by atoms with Crippen molar-refractivity contribution in [1.82, 2.24) is 15.1 Å². The molecule has 2 N–H and O–H groups in total. The summed E-state index contributed by atoms with van der Waals surface area (Å²) in [6.07, 6.45) is 8.46. The van der Waals surface area contributed by atoms with Crippen molar-refractivity contribution >= 4 is 16.8 Å². The molecule has 23 heavy (non-hydrogen) atoms. The van der Waals surface area contributed by atoms with Gasteiger partial charge in [-0.05, 0) is 31.2 Å². The molecule has 1 amide bonds. The van der Waals surface area contributed by atoms with Crippen LogP contribution in [-0.2, 0) is 11.3 Å². The van der Waals surface area contributed by atoms with Crippen LogP contribution in [0, 0.1) is 5.92 Å². The topological polar surface area (TPSA) is 67.2 Å². The zero-order valence-electron chi connectivity index (χ0n) is 13.4. The monoisotopic (exact) mass is 315 g/mol. The lowest BCUT2D eigenvalue weighted by Crippen LogP contribution is -2.43. The Labute approximate surface area is 136 Å². The van der Waals surface area contributed by atoms with Crippen LogP contribution in [0.25, 0.3) is 10.9 Å². The molecule has 3 rings (SSSR count). The van der Waals surface area contributed by atoms with E-state index in [1.807, 2.05) is 24.3 Å². The Morgan fingerprint density at radius 2 is 2.09 bits per heavy atom. The van der Waals surface area contributed by atoms with Crippen molar-refractivity contribution < 1.29 is 9.90 Å². The van der Waals surface area contributed by atoms with Crippen LogP contribution < -0.4 is 5.32 Å². The number of aliphatic hydroxyl groups excluding tert-OH is 1. The van der Waals surface area contributed by atoms with E-state index in [0.29, 0.717) is 12.3 Å². The summed E-state index contributed by atoms with van der Waals surface area (Å²) in [5.74, 6) is 0.470. The molecule has 1 atom stereocenters. The average molecular weight is 315 g/mol. The van der Waals surface area contributed by atoms with Crippen molar-refractivity contribution in [3.8, 4) is 0 Å². The number of hydrogen-bond donors (Lipinski definition) is 2. The highest BCUT2D eigenvalue weighted by atomic mass is 16.3. The molecule has 1 aliphatic rings. The van der Waals surface area contributed by atoms with Gasteiger partial charge in [0, 0.05) is 18.0 Å². The maximum Gasteiger partial charge on any atom is 0.241 e. The predicted molar refractivity (Wildman–Crippen MR) is 89.9 cm³/mol. The molecule has 5 heteroatoms. The van der Waals surface area contributed by atoms with Crippen molar-refractivity contribution in [3.63, 3.8) is 0 Å². The maximum absolute atomic E-state index is 12.4. The second-order valence-electron chi connectivity index (χ2n) is 6.45. The van der Waals surface area contributed by atoms with Gasteiger partial charge >= 0.3 is 0 Å². The highest BCUT2D eigenvalue weighted by Gasteiger charge is 2.24. The zero-order valence-corrected chi connectivity index (χ0v) is 13.4. The number of amides is 1. The first-order chi connectivity index (χ1) is 11.3. The fourth-order valence-corrected chi connectivity index (χ4v) is 3.64. The Morgan fingerprint density at radius 3 is 2.87 bits per heavy atom. The van der Waals surface area contributed by atoms with Crippen LogP contribution in [0.1, 0.15) is 38.5 Å². The number of para-hydroxylation sites is 1. The molecule has 124 valence electrons. The van der Waals surface area contributed by atoms with Crippen LogP contribution in [0.15, 0.2) is 30.5 Å². The summed E-state index contributed by atoms with van der Waals surface area (Å²) in [7, 11) is 0. The molecule has 2 aromatic rings. The average Bonchev–Trinajstić information content (AvgIpc) is 2.98. The molecule has 1 saturated carbocycles. The van der Waals surface area contributed by atoms with Gasteiger partial charge in [0.25, 0.3) is 0 Å². The van der Waals surface area contributed by atoms with Crippen molar-refractivity contribution in [2.45, 2.75) is 51.1 Å². The zero-order chi connectivity index (χ0) is 16.1. The molecule has 0 spiro atoms. The second-order valence-corrected chi connectivity index (χ2v) is 6.45. The fourth-order valence-electron chi connectivity index (χ4n) is 3.64. The number of fused-ring (bicyclic) bond motifs is 1. The molecule has 1 aromatic carbocycles. The summed E-state index contributed by atoms with van der Waals surface area (Å²) in [6.45, 7) is 0.342. The number of nitrogens with zero attached hydrogens (tertiary/aromatic N) is 2. The van der Waals surface area contributed by atoms with Gasteiger partial charge in [-0.1, -0.05) is 37.5 Å². The Bertz CT molecular complexity index is 647. The Hall–Kier alpha value is -1.88. The van der Waals surface area contributed by atoms with Gasteiger partial charge in [0.1, 0.15) is 6.54 Å². The number of nitrogens with one attached hydrogen (secondary N) is 1. The van der Waals surface area contributed by atoms with E-state index in [9.17, 15) is 9.90 Å². The highest BCUT2D eigenvalue weighted by molar-refractivity contribution is 5.82. The third kappa shape index (κ3) is 3.91. The van der Waals surface area contributed by atoms with Crippen molar-refractivity contribution in [1.29, 1.82) is 0 Å². The third-order valence-corrected chi connectivity index (χ3v) is 4.85. The number of carbonyl (C=O) groups excluding carboxylic acids is 1. The van der Waals surface area contributed by atoms with Gasteiger partial charge in [0.05, 0.1) is 11.7 Å². The molecule has 0 aliphatic heterocycles. The first kappa shape index (κ1) is 16.0. The molecule has 1 fully saturated rings. The molecular weight excluding hydrogens is 290 g/mol. The molecule has 0 saturated heterocycles. The predicted octanol–water partition coefficient (Wildman–Crippen LogP) is 2.48. The summed E-state index contributed by atoms with van der Waals surface area (Å²) in [5.41, 5.74) is 0.971. The van der Waals surface area contributed by atoms with Crippen LogP contribution in [-0.4, -0.2) is 33.4 Å². The molecule has 0 radical (unpaired) electrons. The highest BCUT2D eigenvalue weighted by Crippen LogP contribution is 2.27. The van der Waals surface area contributed by atoms with Crippen molar-refractivity contribution in [3.05, 3.63) is 30.5 Å². The number of carbonyl (C=O) groups is 1. The number of hydrogen-bond acceptors (Lipinski definition) is 3. The van der Waals surface area contributed by atoms with Crippen molar-refractivity contribution in [2.75, 3.05) is 6.61 Å². The van der Waals surface area contributed by atoms with Gasteiger partial charge in [0.2, 0.25) is 5.91 Å². The van der Waals surface area contributed by atoms with Gasteiger partial charge in [-0.2, -0.15) is 5.10 Å². The summed E-state index contributed by atoms with van der Waals surface area (Å²) in [4.78, 5) is 12.4. The van der Waals surface area contributed by atoms with Gasteiger partial charge < -0.3 is 10.4 Å². The van der Waals surface area contributed by atoms with Gasteiger partial charge in [-0.25, -0.2) is 0 Å². The van der Waals surface area contributed by atoms with Gasteiger partial charge in [-0.3, -0.25) is 9.48 Å². The molecule has 1 aromatic heterocycles. The van der Waals surface area contributed by atoms with E-state index in [0.717, 1.165) is 23.7 Å². The smallest absolute Gasteiger partial charge is 0.241 e. The van der Waals surface area contributed by atoms with Crippen LogP contribution in [0.3, 0.4) is 0 Å². The third-order valence-electron chi connectivity index (χ3n) is 4.85. The summed E-state index contributed by atoms with van der Waals surface area (Å²) in [6, 6.07) is 7.97. The minimum atomic E-state index is -0.0251. The van der Waals surface area contributed by atoms with E-state index in [2.05, 4.69) is 10.4 Å². The van der Waals surface area contributed by atoms with Gasteiger partial charge in [0.15, 0.2) is 0 Å². The lowest BCUT2D eigenvalue weighted by atomic mass is 9.82. The molecular formula is C18H25N3O2. The molecule has 1 aliphatic carbocycles. The number of aliphatic hydroxyl groups is 1. The van der Waals surface area contributed by atoms with E-state index >= 15 is 0 Å². The minimum absolute atomic E-state index is 0.0251. The second kappa shape index (κ2) is 7.59. The first-order valence-electron chi connectivity index (χ1n) is 8.58. The normalized spacial score (nSPS) is 17.3. The first-order valence-corrected chi connectivity index (χ1v) is 8.58. The van der Waals surface area contributed by atoms with E-state index < -0.39 is 0 Å². The lowest BCUT2D eigenvalue weighted by Gasteiger charge is -2.30. The number of rotatable bonds is 6. The summed E-state index contributed by atoms with van der Waals surface area (Å²) in [5, 5.41) is 17.8. The van der Waals surface area contributed by atoms with Crippen LogP contribution in [0.5, 0.6) is 0 Å². The van der Waals surface area contributed by atoms with Crippen LogP contribution in [0.4, 0.5) is 0 Å². The Kier molecular flexibility index (Phi) is 5.28. The van der Waals surface area contributed by atoms with E-state index in [-0.39, 0.29) is 25.1 Å². The molecule has 5 nitrogen and oxygen atoms in total. The molecule has 1 heterocycles. The Balaban J connectivity index is 1.64. The van der Waals surface area contributed by atoms with Gasteiger partial charge in [-0.15, -0.1) is 0 Å². The molecule has 0 bridgehead atoms. The maximum atomic E-state index is 12.4. The van der Waals surface area contributed by atoms with Crippen LogP contribution >= 0.6 is 0 Å². The largest absolute Gasteiger partial charge is 0.396 e. The molecule has 1 unspecified atom stereocenters. The summed E-state index contributed by atoms with van der Waals surface area (Å²) < 4.78 is 1.74. The fraction of sp³-hybridized carbons (Fsp3) is 0.556. The number of aromatic nitrogens is 2. The van der Waals surface area contributed by atoms with E-state index in [1.165, 1.54) is 19.3 Å². The van der Waals surface area contributed by atoms with Crippen LogP contribution in [0.2, 0.25) is 0 Å².